The maximum atomic E-state index is 6.32. The summed E-state index contributed by atoms with van der Waals surface area (Å²) in [5.74, 6) is 0. The minimum Gasteiger partial charge on any atom is -0.453 e. The van der Waals surface area contributed by atoms with Crippen molar-refractivity contribution in [2.45, 2.75) is 71.8 Å². The lowest BCUT2D eigenvalue weighted by Gasteiger charge is -2.33. The first-order chi connectivity index (χ1) is 7.19. The van der Waals surface area contributed by atoms with Gasteiger partial charge < -0.3 is 4.12 Å². The van der Waals surface area contributed by atoms with Crippen molar-refractivity contribution in [2.75, 3.05) is 0 Å². The molecule has 0 aliphatic rings. The molecule has 0 aromatic carbocycles. The van der Waals surface area contributed by atoms with Gasteiger partial charge in [0.1, 0.15) is 0 Å². The Morgan fingerprint density at radius 3 is 2.00 bits per heavy atom. The first-order valence-corrected chi connectivity index (χ1v) is 12.9. The van der Waals surface area contributed by atoms with Crippen LogP contribution in [0.2, 0.25) is 32.7 Å². The molecule has 0 spiro atoms. The molecule has 0 aliphatic heterocycles. The van der Waals surface area contributed by atoms with Crippen LogP contribution in [0.4, 0.5) is 0 Å². The summed E-state index contributed by atoms with van der Waals surface area (Å²) in [5.41, 5.74) is 0. The molecule has 0 aliphatic carbocycles. The highest BCUT2D eigenvalue weighted by Gasteiger charge is 2.31. The lowest BCUT2D eigenvalue weighted by molar-refractivity contribution is 0.554. The van der Waals surface area contributed by atoms with E-state index in [0.717, 1.165) is 0 Å². The highest BCUT2D eigenvalue weighted by Crippen LogP contribution is 2.24. The van der Waals surface area contributed by atoms with E-state index in [1.807, 2.05) is 0 Å². The molecular formula is C13H30OSi2. The zero-order valence-corrected chi connectivity index (χ0v) is 14.2. The second kappa shape index (κ2) is 6.77. The molecule has 96 valence electrons. The van der Waals surface area contributed by atoms with Gasteiger partial charge in [-0.2, -0.15) is 0 Å². The molecule has 0 radical (unpaired) electrons. The van der Waals surface area contributed by atoms with Gasteiger partial charge in [0, 0.05) is 0 Å². The fourth-order valence-electron chi connectivity index (χ4n) is 1.90. The summed E-state index contributed by atoms with van der Waals surface area (Å²) in [6, 6.07) is 0. The van der Waals surface area contributed by atoms with Gasteiger partial charge in [0.25, 0.3) is 0 Å². The van der Waals surface area contributed by atoms with Crippen molar-refractivity contribution in [3.63, 3.8) is 0 Å². The van der Waals surface area contributed by atoms with Crippen molar-refractivity contribution < 1.29 is 4.12 Å². The molecule has 0 aromatic heterocycles. The van der Waals surface area contributed by atoms with Crippen molar-refractivity contribution >= 4 is 16.6 Å². The molecule has 0 saturated heterocycles. The van der Waals surface area contributed by atoms with Crippen LogP contribution in [0.1, 0.15) is 39.0 Å². The van der Waals surface area contributed by atoms with Gasteiger partial charge in [-0.25, -0.2) is 0 Å². The van der Waals surface area contributed by atoms with E-state index < -0.39 is 16.6 Å². The van der Waals surface area contributed by atoms with Crippen LogP contribution in [-0.4, -0.2) is 16.6 Å². The fourth-order valence-corrected chi connectivity index (χ4v) is 9.38. The molecule has 0 heterocycles. The van der Waals surface area contributed by atoms with Gasteiger partial charge in [-0.15, -0.1) is 6.58 Å². The molecule has 16 heavy (non-hydrogen) atoms. The van der Waals surface area contributed by atoms with Crippen LogP contribution in [0, 0.1) is 0 Å². The normalized spacial score (nSPS) is 12.9. The van der Waals surface area contributed by atoms with Gasteiger partial charge in [-0.05, 0) is 45.6 Å². The third-order valence-corrected chi connectivity index (χ3v) is 9.19. The third kappa shape index (κ3) is 7.41. The van der Waals surface area contributed by atoms with Gasteiger partial charge in [-0.3, -0.25) is 0 Å². The first kappa shape index (κ1) is 16.1. The number of hydrogen-bond acceptors (Lipinski definition) is 1. The molecule has 0 saturated carbocycles. The van der Waals surface area contributed by atoms with Crippen molar-refractivity contribution in [1.29, 1.82) is 0 Å². The van der Waals surface area contributed by atoms with Crippen LogP contribution in [0.3, 0.4) is 0 Å². The Hall–Kier alpha value is 0.134. The molecule has 0 rings (SSSR count). The Kier molecular flexibility index (Phi) is 6.83. The summed E-state index contributed by atoms with van der Waals surface area (Å²) in [6.07, 6.45) is 6.46. The Balaban J connectivity index is 4.05. The predicted molar refractivity (Wildman–Crippen MR) is 79.8 cm³/mol. The van der Waals surface area contributed by atoms with Crippen molar-refractivity contribution in [3.8, 4) is 0 Å². The molecule has 0 unspecified atom stereocenters. The summed E-state index contributed by atoms with van der Waals surface area (Å²) >= 11 is 0. The quantitative estimate of drug-likeness (QED) is 0.434. The topological polar surface area (TPSA) is 9.23 Å². The van der Waals surface area contributed by atoms with Crippen LogP contribution in [0.5, 0.6) is 0 Å². The van der Waals surface area contributed by atoms with Crippen LogP contribution >= 0.6 is 0 Å². The summed E-state index contributed by atoms with van der Waals surface area (Å²) in [5, 5.41) is 1.39. The zero-order valence-electron chi connectivity index (χ0n) is 12.2. The van der Waals surface area contributed by atoms with E-state index in [2.05, 4.69) is 46.2 Å². The predicted octanol–water partition coefficient (Wildman–Crippen LogP) is 5.11. The fraction of sp³-hybridized carbons (Fsp3) is 0.846. The minimum absolute atomic E-state index is 1.17. The standard InChI is InChI=1S/C13H30OSi2/c1-8-9-10-11-12-13(2)16(6,7)14-15(3,4)5/h2,8-12H2,1,3-7H3. The van der Waals surface area contributed by atoms with Crippen LogP contribution in [0.15, 0.2) is 11.8 Å². The lowest BCUT2D eigenvalue weighted by atomic mass is 10.1. The largest absolute Gasteiger partial charge is 0.453 e. The molecule has 0 aromatic rings. The Labute approximate surface area is 105 Å². The van der Waals surface area contributed by atoms with E-state index in [-0.39, 0.29) is 0 Å². The van der Waals surface area contributed by atoms with E-state index in [0.29, 0.717) is 0 Å². The van der Waals surface area contributed by atoms with Crippen molar-refractivity contribution in [2.24, 2.45) is 0 Å². The summed E-state index contributed by atoms with van der Waals surface area (Å²) < 4.78 is 6.32. The average molecular weight is 259 g/mol. The third-order valence-electron chi connectivity index (χ3n) is 2.74. The SMILES string of the molecule is C=C(CCCCCC)[Si](C)(C)O[Si](C)(C)C. The Morgan fingerprint density at radius 1 is 1.00 bits per heavy atom. The molecule has 0 N–H and O–H groups in total. The van der Waals surface area contributed by atoms with Gasteiger partial charge in [0.2, 0.25) is 8.32 Å². The van der Waals surface area contributed by atoms with Gasteiger partial charge in [0.05, 0.1) is 0 Å². The molecule has 0 amide bonds. The molecular weight excluding hydrogens is 228 g/mol. The summed E-state index contributed by atoms with van der Waals surface area (Å²) in [7, 11) is -3.04. The molecule has 0 bridgehead atoms. The highest BCUT2D eigenvalue weighted by molar-refractivity contribution is 6.88. The molecule has 0 fully saturated rings. The van der Waals surface area contributed by atoms with Crippen LogP contribution < -0.4 is 0 Å². The van der Waals surface area contributed by atoms with Gasteiger partial charge in [0.15, 0.2) is 8.32 Å². The molecule has 1 nitrogen and oxygen atoms in total. The van der Waals surface area contributed by atoms with E-state index in [1.54, 1.807) is 0 Å². The summed E-state index contributed by atoms with van der Waals surface area (Å²) in [6.45, 7) is 17.9. The van der Waals surface area contributed by atoms with E-state index >= 15 is 0 Å². The highest BCUT2D eigenvalue weighted by atomic mass is 28.4. The van der Waals surface area contributed by atoms with Crippen molar-refractivity contribution in [1.82, 2.24) is 0 Å². The second-order valence-corrected chi connectivity index (χ2v) is 14.9. The van der Waals surface area contributed by atoms with Crippen LogP contribution in [0.25, 0.3) is 0 Å². The van der Waals surface area contributed by atoms with E-state index in [1.165, 1.54) is 37.3 Å². The first-order valence-electron chi connectivity index (χ1n) is 6.57. The number of rotatable bonds is 8. The van der Waals surface area contributed by atoms with Gasteiger partial charge in [-0.1, -0.05) is 31.4 Å². The van der Waals surface area contributed by atoms with E-state index in [4.69, 9.17) is 4.12 Å². The number of allylic oxidation sites excluding steroid dienone is 1. The smallest absolute Gasteiger partial charge is 0.201 e. The van der Waals surface area contributed by atoms with E-state index in [9.17, 15) is 0 Å². The van der Waals surface area contributed by atoms with Crippen LogP contribution in [-0.2, 0) is 4.12 Å². The zero-order chi connectivity index (χ0) is 12.8. The molecule has 3 heteroatoms. The van der Waals surface area contributed by atoms with Crippen molar-refractivity contribution in [3.05, 3.63) is 11.8 Å². The number of unbranched alkanes of at least 4 members (excludes halogenated alkanes) is 3. The maximum absolute atomic E-state index is 6.32. The van der Waals surface area contributed by atoms with Gasteiger partial charge >= 0.3 is 0 Å². The lowest BCUT2D eigenvalue weighted by Crippen LogP contribution is -2.43. The maximum Gasteiger partial charge on any atom is 0.201 e. The Morgan fingerprint density at radius 2 is 1.56 bits per heavy atom. The Bertz CT molecular complexity index is 216. The average Bonchev–Trinajstić information content (AvgIpc) is 2.08. The summed E-state index contributed by atoms with van der Waals surface area (Å²) in [4.78, 5) is 0. The monoisotopic (exact) mass is 258 g/mol. The number of hydrogen-bond donors (Lipinski definition) is 0. The second-order valence-electron chi connectivity index (χ2n) is 6.14. The molecule has 0 atom stereocenters. The minimum atomic E-state index is -1.64.